The van der Waals surface area contributed by atoms with E-state index in [1.807, 2.05) is 0 Å². The lowest BCUT2D eigenvalue weighted by atomic mass is 9.90. The Morgan fingerprint density at radius 2 is 1.38 bits per heavy atom. The minimum absolute atomic E-state index is 0.237. The van der Waals surface area contributed by atoms with E-state index in [2.05, 4.69) is 46.8 Å². The van der Waals surface area contributed by atoms with Crippen LogP contribution in [0.1, 0.15) is 41.5 Å². The lowest BCUT2D eigenvalue weighted by Gasteiger charge is -2.32. The van der Waals surface area contributed by atoms with Crippen LogP contribution in [0.2, 0.25) is 0 Å². The van der Waals surface area contributed by atoms with E-state index in [0.717, 1.165) is 0 Å². The SMILES string of the molecule is CC(C)NB1OC(C)(C)C(C)(C)O1. The van der Waals surface area contributed by atoms with Gasteiger partial charge in [-0.3, -0.25) is 0 Å². The Bertz CT molecular complexity index is 176. The summed E-state index contributed by atoms with van der Waals surface area (Å²) in [6, 6.07) is 0.370. The maximum atomic E-state index is 5.74. The molecule has 1 saturated heterocycles. The first-order chi connectivity index (χ1) is 5.74. The lowest BCUT2D eigenvalue weighted by Crippen LogP contribution is -2.41. The molecule has 1 aliphatic rings. The highest BCUT2D eigenvalue weighted by molar-refractivity contribution is 6.42. The molecule has 0 aliphatic carbocycles. The number of hydrogen-bond donors (Lipinski definition) is 1. The minimum Gasteiger partial charge on any atom is -0.389 e. The van der Waals surface area contributed by atoms with E-state index < -0.39 is 0 Å². The number of rotatable bonds is 2. The first kappa shape index (κ1) is 11.0. The smallest absolute Gasteiger partial charge is 0.389 e. The van der Waals surface area contributed by atoms with Crippen LogP contribution < -0.4 is 5.23 Å². The minimum atomic E-state index is -0.273. The summed E-state index contributed by atoms with van der Waals surface area (Å²) in [7, 11) is -0.273. The molecule has 1 aliphatic heterocycles. The third-order valence-electron chi connectivity index (χ3n) is 2.72. The monoisotopic (exact) mass is 185 g/mol. The van der Waals surface area contributed by atoms with Crippen molar-refractivity contribution < 1.29 is 9.31 Å². The van der Waals surface area contributed by atoms with Gasteiger partial charge in [0.15, 0.2) is 0 Å². The molecule has 0 unspecified atom stereocenters. The Morgan fingerprint density at radius 3 is 1.69 bits per heavy atom. The molecule has 3 nitrogen and oxygen atoms in total. The predicted octanol–water partition coefficient (Wildman–Crippen LogP) is 1.57. The van der Waals surface area contributed by atoms with E-state index in [1.54, 1.807) is 0 Å². The average Bonchev–Trinajstić information content (AvgIpc) is 1.98. The van der Waals surface area contributed by atoms with E-state index in [1.165, 1.54) is 0 Å². The molecule has 0 aromatic carbocycles. The van der Waals surface area contributed by atoms with Crippen LogP contribution in [0.25, 0.3) is 0 Å². The van der Waals surface area contributed by atoms with Crippen LogP contribution in [0.15, 0.2) is 0 Å². The molecule has 0 saturated carbocycles. The third kappa shape index (κ3) is 2.24. The number of nitrogens with one attached hydrogen (secondary N) is 1. The molecule has 0 spiro atoms. The van der Waals surface area contributed by atoms with Crippen LogP contribution in [0.3, 0.4) is 0 Å². The summed E-state index contributed by atoms with van der Waals surface area (Å²) in [5.41, 5.74) is -0.473. The fraction of sp³-hybridized carbons (Fsp3) is 1.00. The Morgan fingerprint density at radius 1 is 1.00 bits per heavy atom. The second kappa shape index (κ2) is 3.26. The van der Waals surface area contributed by atoms with Crippen LogP contribution in [0.5, 0.6) is 0 Å². The predicted molar refractivity (Wildman–Crippen MR) is 54.4 cm³/mol. The molecule has 4 heteroatoms. The Kier molecular flexibility index (Phi) is 2.77. The summed E-state index contributed by atoms with van der Waals surface area (Å²) >= 11 is 0. The van der Waals surface area contributed by atoms with Gasteiger partial charge in [-0.15, -0.1) is 0 Å². The van der Waals surface area contributed by atoms with Gasteiger partial charge in [0.2, 0.25) is 0 Å². The molecule has 13 heavy (non-hydrogen) atoms. The van der Waals surface area contributed by atoms with E-state index in [9.17, 15) is 0 Å². The van der Waals surface area contributed by atoms with Gasteiger partial charge in [0.1, 0.15) is 0 Å². The third-order valence-corrected chi connectivity index (χ3v) is 2.72. The quantitative estimate of drug-likeness (QED) is 0.662. The van der Waals surface area contributed by atoms with Crippen molar-refractivity contribution in [3.63, 3.8) is 0 Å². The van der Waals surface area contributed by atoms with Crippen LogP contribution in [0, 0.1) is 0 Å². The molecule has 76 valence electrons. The van der Waals surface area contributed by atoms with Gasteiger partial charge in [-0.05, 0) is 33.7 Å². The zero-order valence-electron chi connectivity index (χ0n) is 9.47. The van der Waals surface area contributed by atoms with Gasteiger partial charge in [0.25, 0.3) is 0 Å². The summed E-state index contributed by atoms with van der Waals surface area (Å²) in [5.74, 6) is 0. The van der Waals surface area contributed by atoms with Gasteiger partial charge in [-0.2, -0.15) is 0 Å². The molecular formula is C9H20BNO2. The van der Waals surface area contributed by atoms with Crippen LogP contribution >= 0.6 is 0 Å². The largest absolute Gasteiger partial charge is 0.555 e. The first-order valence-electron chi connectivity index (χ1n) is 4.86. The Balaban J connectivity index is 2.60. The second-order valence-electron chi connectivity index (χ2n) is 4.91. The van der Waals surface area contributed by atoms with Crippen molar-refractivity contribution in [1.29, 1.82) is 0 Å². The van der Waals surface area contributed by atoms with Crippen molar-refractivity contribution in [2.45, 2.75) is 58.8 Å². The van der Waals surface area contributed by atoms with Gasteiger partial charge in [0, 0.05) is 0 Å². The van der Waals surface area contributed by atoms with Gasteiger partial charge in [0.05, 0.1) is 11.2 Å². The Labute approximate surface area is 81.3 Å². The topological polar surface area (TPSA) is 30.5 Å². The summed E-state index contributed by atoms with van der Waals surface area (Å²) < 4.78 is 11.5. The molecule has 0 atom stereocenters. The molecule has 0 amide bonds. The molecule has 0 bridgehead atoms. The molecule has 1 fully saturated rings. The average molecular weight is 185 g/mol. The van der Waals surface area contributed by atoms with Gasteiger partial charge < -0.3 is 14.5 Å². The summed E-state index contributed by atoms with van der Waals surface area (Å²) in [6.45, 7) is 12.4. The highest BCUT2D eigenvalue weighted by atomic mass is 16.7. The summed E-state index contributed by atoms with van der Waals surface area (Å²) in [5, 5.41) is 3.21. The first-order valence-corrected chi connectivity index (χ1v) is 4.86. The van der Waals surface area contributed by atoms with Crippen molar-refractivity contribution in [2.75, 3.05) is 0 Å². The summed E-state index contributed by atoms with van der Waals surface area (Å²) in [6.07, 6.45) is 0. The zero-order chi connectivity index (χ0) is 10.3. The normalized spacial score (nSPS) is 25.6. The molecule has 0 aromatic rings. The van der Waals surface area contributed by atoms with Crippen molar-refractivity contribution in [2.24, 2.45) is 0 Å². The fourth-order valence-electron chi connectivity index (χ4n) is 1.18. The molecule has 1 rings (SSSR count). The molecule has 0 radical (unpaired) electrons. The van der Waals surface area contributed by atoms with E-state index in [0.29, 0.717) is 6.04 Å². The van der Waals surface area contributed by atoms with Gasteiger partial charge in [-0.25, -0.2) is 0 Å². The maximum absolute atomic E-state index is 5.74. The van der Waals surface area contributed by atoms with Gasteiger partial charge >= 0.3 is 7.25 Å². The standard InChI is InChI=1S/C9H20BNO2/c1-7(2)11-10-12-8(3,4)9(5,6)13-10/h7,11H,1-6H3. The van der Waals surface area contributed by atoms with E-state index in [4.69, 9.17) is 9.31 Å². The van der Waals surface area contributed by atoms with Crippen LogP contribution in [0.4, 0.5) is 0 Å². The lowest BCUT2D eigenvalue weighted by molar-refractivity contribution is 0.00578. The molecule has 0 aromatic heterocycles. The van der Waals surface area contributed by atoms with Crippen molar-refractivity contribution in [1.82, 2.24) is 5.23 Å². The van der Waals surface area contributed by atoms with Crippen LogP contribution in [-0.2, 0) is 9.31 Å². The number of hydrogen-bond acceptors (Lipinski definition) is 3. The van der Waals surface area contributed by atoms with Crippen LogP contribution in [-0.4, -0.2) is 24.5 Å². The molecule has 1 N–H and O–H groups in total. The molecular weight excluding hydrogens is 165 g/mol. The van der Waals surface area contributed by atoms with Crippen molar-refractivity contribution in [3.05, 3.63) is 0 Å². The van der Waals surface area contributed by atoms with Crippen molar-refractivity contribution in [3.8, 4) is 0 Å². The highest BCUT2D eigenvalue weighted by Gasteiger charge is 2.51. The fourth-order valence-corrected chi connectivity index (χ4v) is 1.18. The van der Waals surface area contributed by atoms with Crippen molar-refractivity contribution >= 4 is 7.25 Å². The van der Waals surface area contributed by atoms with E-state index >= 15 is 0 Å². The summed E-state index contributed by atoms with van der Waals surface area (Å²) in [4.78, 5) is 0. The Hall–Kier alpha value is -0.0551. The molecule has 1 heterocycles. The maximum Gasteiger partial charge on any atom is 0.555 e. The second-order valence-corrected chi connectivity index (χ2v) is 4.91. The van der Waals surface area contributed by atoms with Gasteiger partial charge in [-0.1, -0.05) is 13.8 Å². The van der Waals surface area contributed by atoms with E-state index in [-0.39, 0.29) is 18.5 Å². The highest BCUT2D eigenvalue weighted by Crippen LogP contribution is 2.35. The zero-order valence-corrected chi connectivity index (χ0v) is 9.47.